The minimum atomic E-state index is -1.12. The van der Waals surface area contributed by atoms with Crippen LogP contribution in [0.2, 0.25) is 0 Å². The lowest BCUT2D eigenvalue weighted by atomic mass is 10.1. The zero-order chi connectivity index (χ0) is 17.4. The maximum atomic E-state index is 12.3. The molecule has 0 atom stereocenters. The molecular weight excluding hydrogens is 312 g/mol. The Labute approximate surface area is 137 Å². The largest absolute Gasteiger partial charge is 0.476 e. The summed E-state index contributed by atoms with van der Waals surface area (Å²) in [7, 11) is 3.22. The number of benzene rings is 1. The highest BCUT2D eigenvalue weighted by molar-refractivity contribution is 6.41. The molecular formula is C16H16N4O4. The number of hydrogen-bond acceptors (Lipinski definition) is 4. The van der Waals surface area contributed by atoms with Gasteiger partial charge in [-0.2, -0.15) is 5.10 Å². The summed E-state index contributed by atoms with van der Waals surface area (Å²) in [6.45, 7) is 0.812. The molecule has 2 aromatic rings. The summed E-state index contributed by atoms with van der Waals surface area (Å²) in [6, 6.07) is 8.51. The van der Waals surface area contributed by atoms with Gasteiger partial charge in [-0.25, -0.2) is 4.79 Å². The molecule has 8 heteroatoms. The Bertz CT molecular complexity index is 842. The highest BCUT2D eigenvalue weighted by Crippen LogP contribution is 2.32. The minimum absolute atomic E-state index is 0.0805. The second-order valence-corrected chi connectivity index (χ2v) is 5.54. The van der Waals surface area contributed by atoms with Crippen molar-refractivity contribution in [1.29, 1.82) is 0 Å². The molecule has 0 saturated carbocycles. The van der Waals surface area contributed by atoms with Crippen molar-refractivity contribution < 1.29 is 19.5 Å². The molecule has 8 nitrogen and oxygen atoms in total. The van der Waals surface area contributed by atoms with E-state index in [1.165, 1.54) is 20.5 Å². The van der Waals surface area contributed by atoms with Crippen molar-refractivity contribution in [3.63, 3.8) is 0 Å². The van der Waals surface area contributed by atoms with Crippen LogP contribution < -0.4 is 4.90 Å². The Morgan fingerprint density at radius 1 is 1.12 bits per heavy atom. The van der Waals surface area contributed by atoms with Gasteiger partial charge in [-0.15, -0.1) is 0 Å². The van der Waals surface area contributed by atoms with Crippen molar-refractivity contribution in [1.82, 2.24) is 14.7 Å². The van der Waals surface area contributed by atoms with Gasteiger partial charge in [-0.3, -0.25) is 14.3 Å². The molecule has 0 unspecified atom stereocenters. The van der Waals surface area contributed by atoms with Crippen LogP contribution in [0.25, 0.3) is 11.3 Å². The molecule has 1 aromatic carbocycles. The molecule has 0 spiro atoms. The smallest absolute Gasteiger partial charge is 0.356 e. The second-order valence-electron chi connectivity index (χ2n) is 5.54. The van der Waals surface area contributed by atoms with Crippen LogP contribution in [-0.4, -0.2) is 57.7 Å². The highest BCUT2D eigenvalue weighted by atomic mass is 16.4. The summed E-state index contributed by atoms with van der Waals surface area (Å²) in [4.78, 5) is 38.2. The number of carboxylic acid groups (broad SMARTS) is 1. The quantitative estimate of drug-likeness (QED) is 0.832. The van der Waals surface area contributed by atoms with E-state index < -0.39 is 17.8 Å². The fourth-order valence-electron chi connectivity index (χ4n) is 2.71. The molecule has 2 heterocycles. The SMILES string of the molecule is CN1CCN(c2ccccc2-c2cc(C(=O)O)nn2C)C(=O)C1=O. The predicted octanol–water partition coefficient (Wildman–Crippen LogP) is 0.590. The van der Waals surface area contributed by atoms with Crippen molar-refractivity contribution >= 4 is 23.5 Å². The number of amides is 2. The number of nitrogens with zero attached hydrogens (tertiary/aromatic N) is 4. The van der Waals surface area contributed by atoms with Crippen LogP contribution in [0.3, 0.4) is 0 Å². The summed E-state index contributed by atoms with van der Waals surface area (Å²) < 4.78 is 1.45. The summed E-state index contributed by atoms with van der Waals surface area (Å²) in [5.41, 5.74) is 1.68. The normalized spacial score (nSPS) is 15.1. The van der Waals surface area contributed by atoms with Crippen LogP contribution in [0, 0.1) is 0 Å². The van der Waals surface area contributed by atoms with E-state index >= 15 is 0 Å². The van der Waals surface area contributed by atoms with E-state index in [4.69, 9.17) is 5.11 Å². The van der Waals surface area contributed by atoms with Crippen molar-refractivity contribution in [2.75, 3.05) is 25.0 Å². The lowest BCUT2D eigenvalue weighted by Crippen LogP contribution is -2.53. The van der Waals surface area contributed by atoms with Gasteiger partial charge in [0, 0.05) is 32.7 Å². The molecule has 0 bridgehead atoms. The summed E-state index contributed by atoms with van der Waals surface area (Å²) in [5, 5.41) is 13.1. The van der Waals surface area contributed by atoms with E-state index in [1.807, 2.05) is 0 Å². The van der Waals surface area contributed by atoms with Crippen LogP contribution in [0.4, 0.5) is 5.69 Å². The zero-order valence-electron chi connectivity index (χ0n) is 13.3. The number of para-hydroxylation sites is 1. The molecule has 1 aliphatic rings. The molecule has 1 N–H and O–H groups in total. The third-order valence-corrected chi connectivity index (χ3v) is 4.00. The van der Waals surface area contributed by atoms with Crippen LogP contribution in [-0.2, 0) is 16.6 Å². The van der Waals surface area contributed by atoms with Crippen LogP contribution in [0.5, 0.6) is 0 Å². The molecule has 1 fully saturated rings. The molecule has 1 saturated heterocycles. The number of carboxylic acids is 1. The summed E-state index contributed by atoms with van der Waals surface area (Å²) in [6.07, 6.45) is 0. The number of aromatic nitrogens is 2. The number of carbonyl (C=O) groups excluding carboxylic acids is 2. The van der Waals surface area contributed by atoms with Crippen molar-refractivity contribution in [3.05, 3.63) is 36.0 Å². The Morgan fingerprint density at radius 2 is 1.83 bits per heavy atom. The summed E-state index contributed by atoms with van der Waals surface area (Å²) >= 11 is 0. The van der Waals surface area contributed by atoms with Gasteiger partial charge < -0.3 is 14.9 Å². The average molecular weight is 328 g/mol. The number of hydrogen-bond donors (Lipinski definition) is 1. The lowest BCUT2D eigenvalue weighted by Gasteiger charge is -2.32. The van der Waals surface area contributed by atoms with Crippen molar-refractivity contribution in [3.8, 4) is 11.3 Å². The lowest BCUT2D eigenvalue weighted by molar-refractivity contribution is -0.145. The number of anilines is 1. The molecule has 1 aromatic heterocycles. The van der Waals surface area contributed by atoms with Gasteiger partial charge in [0.2, 0.25) is 0 Å². The number of rotatable bonds is 3. The van der Waals surface area contributed by atoms with Gasteiger partial charge >= 0.3 is 17.8 Å². The third-order valence-electron chi connectivity index (χ3n) is 4.00. The Kier molecular flexibility index (Phi) is 3.80. The highest BCUT2D eigenvalue weighted by Gasteiger charge is 2.32. The van der Waals surface area contributed by atoms with E-state index in [0.29, 0.717) is 30.0 Å². The molecule has 2 amide bonds. The molecule has 24 heavy (non-hydrogen) atoms. The molecule has 124 valence electrons. The van der Waals surface area contributed by atoms with E-state index in [1.54, 1.807) is 38.4 Å². The fourth-order valence-corrected chi connectivity index (χ4v) is 2.71. The molecule has 0 radical (unpaired) electrons. The predicted molar refractivity (Wildman–Crippen MR) is 85.6 cm³/mol. The third kappa shape index (κ3) is 2.51. The Hall–Kier alpha value is -3.16. The first-order valence-corrected chi connectivity index (χ1v) is 7.34. The first kappa shape index (κ1) is 15.7. The minimum Gasteiger partial charge on any atom is -0.476 e. The van der Waals surface area contributed by atoms with Crippen LogP contribution >= 0.6 is 0 Å². The molecule has 1 aliphatic heterocycles. The first-order valence-electron chi connectivity index (χ1n) is 7.34. The van der Waals surface area contributed by atoms with Gasteiger partial charge in [-0.1, -0.05) is 18.2 Å². The number of carbonyl (C=O) groups is 3. The topological polar surface area (TPSA) is 95.7 Å². The van der Waals surface area contributed by atoms with E-state index in [2.05, 4.69) is 5.10 Å². The fraction of sp³-hybridized carbons (Fsp3) is 0.250. The molecule has 0 aliphatic carbocycles. The Balaban J connectivity index is 2.08. The van der Waals surface area contributed by atoms with Crippen LogP contribution in [0.1, 0.15) is 10.5 Å². The van der Waals surface area contributed by atoms with Crippen molar-refractivity contribution in [2.24, 2.45) is 7.05 Å². The second kappa shape index (κ2) is 5.80. The monoisotopic (exact) mass is 328 g/mol. The van der Waals surface area contributed by atoms with Gasteiger partial charge in [0.15, 0.2) is 5.69 Å². The maximum absolute atomic E-state index is 12.3. The van der Waals surface area contributed by atoms with Gasteiger partial charge in [0.1, 0.15) is 0 Å². The van der Waals surface area contributed by atoms with E-state index in [-0.39, 0.29) is 5.69 Å². The van der Waals surface area contributed by atoms with E-state index in [9.17, 15) is 14.4 Å². The molecule has 3 rings (SSSR count). The number of likely N-dealkylation sites (N-methyl/N-ethyl adjacent to an activating group) is 1. The zero-order valence-corrected chi connectivity index (χ0v) is 13.3. The van der Waals surface area contributed by atoms with Gasteiger partial charge in [0.25, 0.3) is 0 Å². The number of aromatic carboxylic acids is 1. The van der Waals surface area contributed by atoms with Crippen molar-refractivity contribution in [2.45, 2.75) is 0 Å². The summed E-state index contributed by atoms with van der Waals surface area (Å²) in [5.74, 6) is -2.29. The average Bonchev–Trinajstić information content (AvgIpc) is 2.95. The number of aryl methyl sites for hydroxylation is 1. The van der Waals surface area contributed by atoms with E-state index in [0.717, 1.165) is 0 Å². The Morgan fingerprint density at radius 3 is 2.50 bits per heavy atom. The maximum Gasteiger partial charge on any atom is 0.356 e. The standard InChI is InChI=1S/C16H16N4O4/c1-18-7-8-20(15(22)14(18)21)12-6-4-3-5-10(12)13-9-11(16(23)24)17-19(13)2/h3-6,9H,7-8H2,1-2H3,(H,23,24). The van der Waals surface area contributed by atoms with Gasteiger partial charge in [-0.05, 0) is 12.1 Å². The first-order chi connectivity index (χ1) is 11.4. The van der Waals surface area contributed by atoms with Crippen LogP contribution in [0.15, 0.2) is 30.3 Å². The number of piperazine rings is 1. The van der Waals surface area contributed by atoms with Gasteiger partial charge in [0.05, 0.1) is 11.4 Å².